The van der Waals surface area contributed by atoms with E-state index >= 15 is 0 Å². The normalized spacial score (nSPS) is 20.3. The number of nitrogens with zero attached hydrogens (tertiary/aromatic N) is 4. The molecule has 67 heavy (non-hydrogen) atoms. The van der Waals surface area contributed by atoms with Crippen molar-refractivity contribution in [2.24, 2.45) is 5.41 Å². The summed E-state index contributed by atoms with van der Waals surface area (Å²) in [7, 11) is -16.5. The van der Waals surface area contributed by atoms with E-state index in [0.29, 0.717) is 18.7 Å². The van der Waals surface area contributed by atoms with E-state index in [0.717, 1.165) is 62.2 Å². The summed E-state index contributed by atoms with van der Waals surface area (Å²) < 4.78 is 69.2. The fourth-order valence-corrected chi connectivity index (χ4v) is 9.55. The Morgan fingerprint density at radius 1 is 0.910 bits per heavy atom. The maximum absolute atomic E-state index is 13.4. The van der Waals surface area contributed by atoms with Crippen LogP contribution >= 0.6 is 36.1 Å². The van der Waals surface area contributed by atoms with E-state index in [9.17, 15) is 52.8 Å². The number of allylic oxidation sites excluding steroid dienone is 4. The zero-order valence-electron chi connectivity index (χ0n) is 37.9. The molecule has 2 aromatic rings. The van der Waals surface area contributed by atoms with Gasteiger partial charge in [-0.1, -0.05) is 77.2 Å². The molecule has 2 amide bonds. The number of nitrogens with one attached hydrogen (secondary N) is 2. The summed E-state index contributed by atoms with van der Waals surface area (Å²) >= 11 is 4.03. The second kappa shape index (κ2) is 28.5. The number of unbranched alkanes of at least 4 members (excludes halogenated alkanes) is 8. The number of aliphatic hydroxyl groups excluding tert-OH is 1. The minimum Gasteiger partial charge on any atom is -0.452 e. The van der Waals surface area contributed by atoms with Crippen LogP contribution in [0.1, 0.15) is 110 Å². The minimum absolute atomic E-state index is 0.0318. The molecule has 9 N–H and O–H groups in total. The highest BCUT2D eigenvalue weighted by Gasteiger charge is 2.50. The average Bonchev–Trinajstić information content (AvgIpc) is 3.81. The van der Waals surface area contributed by atoms with Crippen molar-refractivity contribution in [3.05, 3.63) is 37.0 Å². The number of aromatic nitrogens is 4. The Morgan fingerprint density at radius 2 is 1.57 bits per heavy atom. The molecule has 0 bridgehead atoms. The van der Waals surface area contributed by atoms with Crippen LogP contribution < -0.4 is 16.4 Å². The fraction of sp³-hybridized carbons (Fsp3) is 0.692. The Kier molecular flexibility index (Phi) is 24.8. The molecule has 0 spiro atoms. The molecular weight excluding hydrogens is 963 g/mol. The lowest BCUT2D eigenvalue weighted by atomic mass is 9.86. The Labute approximate surface area is 395 Å². The smallest absolute Gasteiger partial charge is 0.452 e. The van der Waals surface area contributed by atoms with Crippen molar-refractivity contribution in [1.29, 1.82) is 0 Å². The van der Waals surface area contributed by atoms with Crippen molar-refractivity contribution in [2.45, 2.75) is 135 Å². The molecule has 0 saturated carbocycles. The van der Waals surface area contributed by atoms with Crippen LogP contribution in [0.4, 0.5) is 5.82 Å². The van der Waals surface area contributed by atoms with Crippen LogP contribution in [0.5, 0.6) is 0 Å². The molecule has 380 valence electrons. The summed E-state index contributed by atoms with van der Waals surface area (Å²) in [5.74, 6) is -1.64. The maximum atomic E-state index is 13.4. The van der Waals surface area contributed by atoms with Crippen molar-refractivity contribution >= 4 is 70.9 Å². The lowest BCUT2D eigenvalue weighted by Gasteiger charge is -2.33. The van der Waals surface area contributed by atoms with Crippen LogP contribution in [0.3, 0.4) is 0 Å². The quantitative estimate of drug-likeness (QED) is 0.0154. The summed E-state index contributed by atoms with van der Waals surface area (Å²) in [6.45, 7) is 3.00. The Balaban J connectivity index is 1.58. The van der Waals surface area contributed by atoms with Gasteiger partial charge in [0.25, 0.3) is 5.91 Å². The number of rotatable bonds is 33. The van der Waals surface area contributed by atoms with Crippen molar-refractivity contribution in [3.63, 3.8) is 0 Å². The van der Waals surface area contributed by atoms with Gasteiger partial charge in [-0.05, 0) is 38.5 Å². The molecule has 28 heteroatoms. The number of thiol groups is 1. The van der Waals surface area contributed by atoms with Gasteiger partial charge in [-0.15, -0.1) is 0 Å². The number of fused-ring (bicyclic) bond motifs is 1. The number of hydrogen-bond donors (Lipinski definition) is 9. The summed E-state index contributed by atoms with van der Waals surface area (Å²) in [6, 6.07) is 0. The summed E-state index contributed by atoms with van der Waals surface area (Å²) in [6.07, 6.45) is 12.6. The van der Waals surface area contributed by atoms with Crippen LogP contribution in [0, 0.1) is 5.41 Å². The average molecular weight is 1030 g/mol. The number of carbonyl (C=O) groups excluding carboxylic acids is 3. The van der Waals surface area contributed by atoms with Crippen molar-refractivity contribution in [3.8, 4) is 0 Å². The number of nitrogen functional groups attached to an aromatic ring is 1. The highest BCUT2D eigenvalue weighted by Crippen LogP contribution is 2.61. The first-order valence-corrected chi connectivity index (χ1v) is 27.1. The first kappa shape index (κ1) is 58.2. The van der Waals surface area contributed by atoms with Gasteiger partial charge in [-0.25, -0.2) is 28.6 Å². The standard InChI is InChI=1S/C39H66N7O17P3S/c1-4-5-6-7-8-9-10-11-12-13-14-15-16-17-18-19-30(48)61-34(37(50)42-21-20-29(47)41-22-23-67)39(2,3)25-59-66(56,57)63-65(54,55)58-24-28-33(62-64(51,52)53)32(49)38(60-28)46-27-45-31-35(40)43-26-44-36(31)46/h8-9,11-12,26-28,32-34,38,49,67H,4-7,10,13-25H2,1-3H3,(H,41,47)(H,42,50)(H,54,55)(H,56,57)(H2,40,43,44)(H2,51,52,53)/b9-8-,12-11-/t28-,32-,33-,34+,38-/m1/s1. The summed E-state index contributed by atoms with van der Waals surface area (Å²) in [4.78, 5) is 90.5. The third kappa shape index (κ3) is 21.2. The molecule has 7 atom stereocenters. The van der Waals surface area contributed by atoms with Crippen LogP contribution in [-0.2, 0) is 55.4 Å². The molecule has 0 radical (unpaired) electrons. The van der Waals surface area contributed by atoms with E-state index in [4.69, 9.17) is 28.8 Å². The van der Waals surface area contributed by atoms with E-state index in [1.807, 2.05) is 0 Å². The predicted molar refractivity (Wildman–Crippen MR) is 247 cm³/mol. The van der Waals surface area contributed by atoms with E-state index in [2.05, 4.69) is 73.8 Å². The van der Waals surface area contributed by atoms with Crippen LogP contribution in [0.25, 0.3) is 11.2 Å². The second-order valence-corrected chi connectivity index (χ2v) is 20.9. The first-order chi connectivity index (χ1) is 31.6. The number of anilines is 1. The van der Waals surface area contributed by atoms with Gasteiger partial charge < -0.3 is 50.5 Å². The van der Waals surface area contributed by atoms with Gasteiger partial charge in [0.05, 0.1) is 19.5 Å². The topological polar surface area (TPSA) is 353 Å². The molecule has 2 unspecified atom stereocenters. The number of aliphatic hydroxyl groups is 1. The lowest BCUT2D eigenvalue weighted by Crippen LogP contribution is -2.49. The molecule has 0 aromatic carbocycles. The molecule has 1 saturated heterocycles. The fourth-order valence-electron chi connectivity index (χ4n) is 6.61. The molecule has 1 aliphatic rings. The van der Waals surface area contributed by atoms with Gasteiger partial charge in [-0.2, -0.15) is 16.9 Å². The number of esters is 1. The number of ether oxygens (including phenoxy) is 2. The second-order valence-electron chi connectivity index (χ2n) is 16.2. The number of hydrogen-bond acceptors (Lipinski definition) is 18. The van der Waals surface area contributed by atoms with Gasteiger partial charge in [-0.3, -0.25) is 32.5 Å². The zero-order valence-corrected chi connectivity index (χ0v) is 41.4. The third-order valence-corrected chi connectivity index (χ3v) is 13.4. The van der Waals surface area contributed by atoms with Gasteiger partial charge in [0.15, 0.2) is 23.8 Å². The van der Waals surface area contributed by atoms with Crippen molar-refractivity contribution < 1.29 is 80.1 Å². The van der Waals surface area contributed by atoms with Crippen LogP contribution in [0.2, 0.25) is 0 Å². The van der Waals surface area contributed by atoms with Crippen molar-refractivity contribution in [2.75, 3.05) is 37.8 Å². The van der Waals surface area contributed by atoms with Crippen LogP contribution in [-0.4, -0.2) is 118 Å². The molecule has 24 nitrogen and oxygen atoms in total. The molecule has 1 fully saturated rings. The van der Waals surface area contributed by atoms with Gasteiger partial charge in [0.1, 0.15) is 30.2 Å². The van der Waals surface area contributed by atoms with E-state index in [-0.39, 0.29) is 42.3 Å². The van der Waals surface area contributed by atoms with Gasteiger partial charge >= 0.3 is 29.4 Å². The number of imidazole rings is 1. The Morgan fingerprint density at radius 3 is 2.24 bits per heavy atom. The maximum Gasteiger partial charge on any atom is 0.481 e. The first-order valence-electron chi connectivity index (χ1n) is 21.9. The summed E-state index contributed by atoms with van der Waals surface area (Å²) in [5.41, 5.74) is 4.32. The number of phosphoric acid groups is 3. The van der Waals surface area contributed by atoms with E-state index in [1.54, 1.807) is 0 Å². The SMILES string of the molecule is CCCCC/C=C\C/C=C\CCCCCCCC(=O)O[C@@H](C(=O)NCCC(=O)NCCS)C(C)(C)COP(=O)(O)OP(=O)(O)OC[C@H]1O[C@@H](n2cnc3c(N)ncnc32)[C@H](O)[C@@H]1OP(=O)(O)O. The molecule has 0 aliphatic carbocycles. The van der Waals surface area contributed by atoms with E-state index < -0.39 is 84.6 Å². The van der Waals surface area contributed by atoms with Crippen molar-refractivity contribution in [1.82, 2.24) is 30.2 Å². The minimum atomic E-state index is -5.62. The number of carbonyl (C=O) groups is 3. The van der Waals surface area contributed by atoms with E-state index in [1.165, 1.54) is 33.1 Å². The molecule has 3 rings (SSSR count). The third-order valence-electron chi connectivity index (χ3n) is 10.1. The zero-order chi connectivity index (χ0) is 49.7. The van der Waals surface area contributed by atoms with Gasteiger partial charge in [0.2, 0.25) is 5.91 Å². The molecule has 2 aromatic heterocycles. The highest BCUT2D eigenvalue weighted by atomic mass is 32.1. The number of amides is 2. The molecule has 1 aliphatic heterocycles. The number of phosphoric ester groups is 3. The molecule has 3 heterocycles. The molecular formula is C39H66N7O17P3S. The highest BCUT2D eigenvalue weighted by molar-refractivity contribution is 7.80. The largest absolute Gasteiger partial charge is 0.481 e. The Bertz CT molecular complexity index is 2090. The number of nitrogens with two attached hydrogens (primary N) is 1. The van der Waals surface area contributed by atoms with Crippen LogP contribution in [0.15, 0.2) is 37.0 Å². The van der Waals surface area contributed by atoms with Gasteiger partial charge in [0, 0.05) is 37.1 Å². The lowest BCUT2D eigenvalue weighted by molar-refractivity contribution is -0.165. The predicted octanol–water partition coefficient (Wildman–Crippen LogP) is 4.70. The Hall–Kier alpha value is -3.12. The monoisotopic (exact) mass is 1030 g/mol. The summed E-state index contributed by atoms with van der Waals surface area (Å²) in [5, 5.41) is 16.1.